The smallest absolute Gasteiger partial charge is 0.139 e. The molecule has 0 aromatic rings. The van der Waals surface area contributed by atoms with Crippen molar-refractivity contribution < 1.29 is 4.79 Å². The maximum atomic E-state index is 11.5. The van der Waals surface area contributed by atoms with Crippen LogP contribution < -0.4 is 0 Å². The molecule has 0 heterocycles. The summed E-state index contributed by atoms with van der Waals surface area (Å²) < 4.78 is 0. The lowest BCUT2D eigenvalue weighted by Gasteiger charge is -2.11. The van der Waals surface area contributed by atoms with Gasteiger partial charge in [0, 0.05) is 11.8 Å². The highest BCUT2D eigenvalue weighted by Gasteiger charge is 2.73. The lowest BCUT2D eigenvalue weighted by molar-refractivity contribution is -0.123. The fourth-order valence-corrected chi connectivity index (χ4v) is 3.89. The second-order valence-electron chi connectivity index (χ2n) is 5.07. The zero-order valence-electron chi connectivity index (χ0n) is 7.13. The fraction of sp³-hybridized carbons (Fsp3) is 0.900. The van der Waals surface area contributed by atoms with E-state index in [1.54, 1.807) is 0 Å². The van der Waals surface area contributed by atoms with Crippen LogP contribution in [0.5, 0.6) is 0 Å². The van der Waals surface area contributed by atoms with Crippen LogP contribution in [-0.2, 0) is 4.79 Å². The lowest BCUT2D eigenvalue weighted by Crippen LogP contribution is -2.15. The first-order valence-corrected chi connectivity index (χ1v) is 4.68. The van der Waals surface area contributed by atoms with Gasteiger partial charge in [-0.1, -0.05) is 13.8 Å². The van der Waals surface area contributed by atoms with Crippen molar-refractivity contribution in [1.29, 1.82) is 0 Å². The summed E-state index contributed by atoms with van der Waals surface area (Å²) >= 11 is 0. The summed E-state index contributed by atoms with van der Waals surface area (Å²) in [5, 5.41) is 0. The highest BCUT2D eigenvalue weighted by atomic mass is 16.1. The van der Waals surface area contributed by atoms with E-state index in [4.69, 9.17) is 0 Å². The Morgan fingerprint density at radius 2 is 1.64 bits per heavy atom. The number of hydrogen-bond acceptors (Lipinski definition) is 1. The number of ketones is 1. The summed E-state index contributed by atoms with van der Waals surface area (Å²) in [6.45, 7) is 4.67. The standard InChI is InChI=1S/C10H14O/c1-10(2)7-5-3-4-6(8(7)10)9(5)11/h5-8H,3-4H2,1-2H3/t5-,6+,7+,8-. The molecule has 0 saturated heterocycles. The van der Waals surface area contributed by atoms with Gasteiger partial charge in [0.1, 0.15) is 5.78 Å². The van der Waals surface area contributed by atoms with Gasteiger partial charge in [0.2, 0.25) is 0 Å². The number of Topliss-reactive ketones (excluding diaryl/α,β-unsaturated/α-hetero) is 1. The van der Waals surface area contributed by atoms with Crippen LogP contribution in [0.15, 0.2) is 0 Å². The Morgan fingerprint density at radius 3 is 2.00 bits per heavy atom. The van der Waals surface area contributed by atoms with Crippen LogP contribution in [0.3, 0.4) is 0 Å². The van der Waals surface area contributed by atoms with Crippen LogP contribution in [-0.4, -0.2) is 5.78 Å². The van der Waals surface area contributed by atoms with Crippen LogP contribution in [0, 0.1) is 29.1 Å². The van der Waals surface area contributed by atoms with Crippen molar-refractivity contribution in [3.63, 3.8) is 0 Å². The van der Waals surface area contributed by atoms with Crippen LogP contribution in [0.1, 0.15) is 26.7 Å². The van der Waals surface area contributed by atoms with Crippen LogP contribution in [0.4, 0.5) is 0 Å². The Morgan fingerprint density at radius 1 is 1.18 bits per heavy atom. The molecule has 0 radical (unpaired) electrons. The minimum atomic E-state index is 0.486. The van der Waals surface area contributed by atoms with Gasteiger partial charge >= 0.3 is 0 Å². The molecule has 1 nitrogen and oxygen atoms in total. The Labute approximate surface area is 67.2 Å². The molecule has 0 unspecified atom stereocenters. The molecule has 0 aliphatic heterocycles. The highest BCUT2D eigenvalue weighted by molar-refractivity contribution is 5.90. The number of carbonyl (C=O) groups excluding carboxylic acids is 1. The van der Waals surface area contributed by atoms with Crippen molar-refractivity contribution in [2.75, 3.05) is 0 Å². The minimum Gasteiger partial charge on any atom is -0.299 e. The van der Waals surface area contributed by atoms with Gasteiger partial charge in [-0.2, -0.15) is 0 Å². The van der Waals surface area contributed by atoms with E-state index in [2.05, 4.69) is 13.8 Å². The lowest BCUT2D eigenvalue weighted by atomic mass is 9.93. The Bertz CT molecular complexity index is 219. The van der Waals surface area contributed by atoms with E-state index in [1.807, 2.05) is 0 Å². The molecule has 4 atom stereocenters. The first-order chi connectivity index (χ1) is 5.14. The maximum Gasteiger partial charge on any atom is 0.139 e. The summed E-state index contributed by atoms with van der Waals surface area (Å²) in [7, 11) is 0. The Kier molecular flexibility index (Phi) is 0.799. The topological polar surface area (TPSA) is 17.1 Å². The molecule has 3 fully saturated rings. The van der Waals surface area contributed by atoms with Gasteiger partial charge in [0.05, 0.1) is 0 Å². The second-order valence-corrected chi connectivity index (χ2v) is 5.07. The second kappa shape index (κ2) is 1.41. The monoisotopic (exact) mass is 150 g/mol. The number of carbonyl (C=O) groups is 1. The molecule has 3 aliphatic carbocycles. The molecule has 0 aromatic heterocycles. The molecular formula is C10H14O. The number of rotatable bonds is 0. The predicted molar refractivity (Wildman–Crippen MR) is 42.0 cm³/mol. The summed E-state index contributed by atoms with van der Waals surface area (Å²) in [5.74, 6) is 3.15. The molecule has 11 heavy (non-hydrogen) atoms. The molecule has 1 heteroatoms. The first-order valence-electron chi connectivity index (χ1n) is 4.68. The number of fused-ring (bicyclic) bond motifs is 5. The van der Waals surface area contributed by atoms with E-state index in [-0.39, 0.29) is 0 Å². The van der Waals surface area contributed by atoms with Gasteiger partial charge in [-0.05, 0) is 30.1 Å². The average molecular weight is 150 g/mol. The zero-order chi connectivity index (χ0) is 7.80. The Hall–Kier alpha value is -0.330. The Balaban J connectivity index is 2.03. The van der Waals surface area contributed by atoms with Gasteiger partial charge in [-0.25, -0.2) is 0 Å². The van der Waals surface area contributed by atoms with Crippen LogP contribution in [0.25, 0.3) is 0 Å². The van der Waals surface area contributed by atoms with Gasteiger partial charge < -0.3 is 0 Å². The van der Waals surface area contributed by atoms with Crippen LogP contribution in [0.2, 0.25) is 0 Å². The van der Waals surface area contributed by atoms with E-state index in [1.165, 1.54) is 12.8 Å². The molecular weight excluding hydrogens is 136 g/mol. The normalized spacial score (nSPS) is 56.4. The third-order valence-electron chi connectivity index (χ3n) is 4.38. The van der Waals surface area contributed by atoms with Crippen molar-refractivity contribution >= 4 is 5.78 Å². The SMILES string of the molecule is CC1(C)[C@@H]2[C@H]1[C@@H]1CC[C@H]2C1=O. The van der Waals surface area contributed by atoms with Crippen molar-refractivity contribution in [2.45, 2.75) is 26.7 Å². The molecule has 0 spiro atoms. The molecule has 3 rings (SSSR count). The third-order valence-corrected chi connectivity index (χ3v) is 4.38. The molecule has 0 amide bonds. The summed E-state index contributed by atoms with van der Waals surface area (Å²) in [5.41, 5.74) is 0.528. The van der Waals surface area contributed by atoms with E-state index >= 15 is 0 Å². The van der Waals surface area contributed by atoms with E-state index in [0.717, 1.165) is 11.8 Å². The molecule has 3 saturated carbocycles. The molecule has 0 N–H and O–H groups in total. The fourth-order valence-electron chi connectivity index (χ4n) is 3.89. The van der Waals surface area contributed by atoms with Crippen molar-refractivity contribution in [3.8, 4) is 0 Å². The number of hydrogen-bond donors (Lipinski definition) is 0. The zero-order valence-corrected chi connectivity index (χ0v) is 7.13. The average Bonchev–Trinajstić information content (AvgIpc) is 2.31. The molecule has 3 aliphatic rings. The largest absolute Gasteiger partial charge is 0.299 e. The maximum absolute atomic E-state index is 11.5. The predicted octanol–water partition coefficient (Wildman–Crippen LogP) is 1.87. The van der Waals surface area contributed by atoms with Crippen LogP contribution >= 0.6 is 0 Å². The summed E-state index contributed by atoms with van der Waals surface area (Å²) in [4.78, 5) is 11.5. The third kappa shape index (κ3) is 0.473. The minimum absolute atomic E-state index is 0.486. The van der Waals surface area contributed by atoms with Crippen molar-refractivity contribution in [3.05, 3.63) is 0 Å². The van der Waals surface area contributed by atoms with Gasteiger partial charge in [0.15, 0.2) is 0 Å². The van der Waals surface area contributed by atoms with Gasteiger partial charge in [-0.15, -0.1) is 0 Å². The highest BCUT2D eigenvalue weighted by Crippen LogP contribution is 2.74. The van der Waals surface area contributed by atoms with Gasteiger partial charge in [0.25, 0.3) is 0 Å². The van der Waals surface area contributed by atoms with Gasteiger partial charge in [-0.3, -0.25) is 4.79 Å². The van der Waals surface area contributed by atoms with Crippen molar-refractivity contribution in [2.24, 2.45) is 29.1 Å². The molecule has 60 valence electrons. The van der Waals surface area contributed by atoms with Crippen molar-refractivity contribution in [1.82, 2.24) is 0 Å². The van der Waals surface area contributed by atoms with E-state index in [0.29, 0.717) is 23.0 Å². The quantitative estimate of drug-likeness (QED) is 0.515. The molecule has 0 aromatic carbocycles. The van der Waals surface area contributed by atoms with E-state index < -0.39 is 0 Å². The summed E-state index contributed by atoms with van der Waals surface area (Å²) in [6, 6.07) is 0. The molecule has 2 bridgehead atoms. The first kappa shape index (κ1) is 6.22. The summed E-state index contributed by atoms with van der Waals surface area (Å²) in [6.07, 6.45) is 2.40. The van der Waals surface area contributed by atoms with E-state index in [9.17, 15) is 4.79 Å².